The van der Waals surface area contributed by atoms with Crippen molar-refractivity contribution in [3.63, 3.8) is 0 Å². The molecule has 0 unspecified atom stereocenters. The number of methoxy groups -OCH3 is 1. The fraction of sp³-hybridized carbons (Fsp3) is 0.538. The number of ether oxygens (including phenoxy) is 2. The van der Waals surface area contributed by atoms with Gasteiger partial charge < -0.3 is 14.8 Å². The summed E-state index contributed by atoms with van der Waals surface area (Å²) < 4.78 is 22.9. The first-order chi connectivity index (χ1) is 8.33. The molecule has 0 amide bonds. The quantitative estimate of drug-likeness (QED) is 0.670. The van der Waals surface area contributed by atoms with Gasteiger partial charge in [0.25, 0.3) is 0 Å². The van der Waals surface area contributed by atoms with Crippen LogP contribution in [0.4, 0.5) is 4.39 Å². The molecule has 0 saturated heterocycles. The molecule has 0 aromatic heterocycles. The highest BCUT2D eigenvalue weighted by atomic mass is 19.1. The van der Waals surface area contributed by atoms with Crippen molar-refractivity contribution in [3.8, 4) is 0 Å². The second kappa shape index (κ2) is 9.10. The molecule has 0 radical (unpaired) electrons. The van der Waals surface area contributed by atoms with Gasteiger partial charge in [-0.3, -0.25) is 0 Å². The van der Waals surface area contributed by atoms with Crippen LogP contribution in [0.1, 0.15) is 12.0 Å². The smallest absolute Gasteiger partial charge is 0.123 e. The minimum Gasteiger partial charge on any atom is -0.385 e. The molecule has 0 saturated carbocycles. The molecule has 0 atom stereocenters. The minimum atomic E-state index is -0.199. The van der Waals surface area contributed by atoms with E-state index in [1.54, 1.807) is 19.2 Å². The molecule has 1 aromatic rings. The maximum Gasteiger partial charge on any atom is 0.123 e. The van der Waals surface area contributed by atoms with Crippen LogP contribution in [0.5, 0.6) is 0 Å². The van der Waals surface area contributed by atoms with E-state index >= 15 is 0 Å². The minimum absolute atomic E-state index is 0.199. The van der Waals surface area contributed by atoms with E-state index in [4.69, 9.17) is 9.47 Å². The Morgan fingerprint density at radius 1 is 1.12 bits per heavy atom. The van der Waals surface area contributed by atoms with E-state index in [0.717, 1.165) is 38.3 Å². The Morgan fingerprint density at radius 2 is 1.88 bits per heavy atom. The zero-order valence-corrected chi connectivity index (χ0v) is 10.2. The van der Waals surface area contributed by atoms with Gasteiger partial charge in [-0.05, 0) is 24.1 Å². The lowest BCUT2D eigenvalue weighted by Gasteiger charge is -2.06. The van der Waals surface area contributed by atoms with Gasteiger partial charge in [-0.2, -0.15) is 0 Å². The van der Waals surface area contributed by atoms with Gasteiger partial charge in [-0.1, -0.05) is 12.1 Å². The molecular formula is C13H20FNO2. The van der Waals surface area contributed by atoms with E-state index < -0.39 is 0 Å². The molecule has 0 aliphatic rings. The predicted molar refractivity (Wildman–Crippen MR) is 65.4 cm³/mol. The van der Waals surface area contributed by atoms with Crippen LogP contribution in [0.3, 0.4) is 0 Å². The lowest BCUT2D eigenvalue weighted by molar-refractivity contribution is 0.104. The molecule has 4 heteroatoms. The van der Waals surface area contributed by atoms with Crippen LogP contribution in [0.15, 0.2) is 24.3 Å². The summed E-state index contributed by atoms with van der Waals surface area (Å²) in [5, 5.41) is 3.23. The SMILES string of the molecule is COCCCOCCNCc1ccc(F)cc1. The van der Waals surface area contributed by atoms with Crippen molar-refractivity contribution in [3.05, 3.63) is 35.6 Å². The summed E-state index contributed by atoms with van der Waals surface area (Å²) in [5.74, 6) is -0.199. The lowest BCUT2D eigenvalue weighted by Crippen LogP contribution is -2.19. The molecule has 1 N–H and O–H groups in total. The van der Waals surface area contributed by atoms with Crippen molar-refractivity contribution in [1.29, 1.82) is 0 Å². The highest BCUT2D eigenvalue weighted by Gasteiger charge is 1.94. The van der Waals surface area contributed by atoms with Crippen LogP contribution >= 0.6 is 0 Å². The number of rotatable bonds is 9. The van der Waals surface area contributed by atoms with Crippen LogP contribution in [0.2, 0.25) is 0 Å². The number of benzene rings is 1. The number of hydrogen-bond donors (Lipinski definition) is 1. The second-order valence-corrected chi connectivity index (χ2v) is 3.76. The van der Waals surface area contributed by atoms with E-state index in [0.29, 0.717) is 6.61 Å². The Balaban J connectivity index is 1.95. The summed E-state index contributed by atoms with van der Waals surface area (Å²) in [6, 6.07) is 6.50. The van der Waals surface area contributed by atoms with Crippen molar-refractivity contribution >= 4 is 0 Å². The van der Waals surface area contributed by atoms with Gasteiger partial charge in [-0.15, -0.1) is 0 Å². The fourth-order valence-corrected chi connectivity index (χ4v) is 1.39. The molecule has 0 spiro atoms. The van der Waals surface area contributed by atoms with Crippen LogP contribution in [-0.4, -0.2) is 33.5 Å². The summed E-state index contributed by atoms with van der Waals surface area (Å²) in [6.07, 6.45) is 0.925. The van der Waals surface area contributed by atoms with Crippen LogP contribution in [-0.2, 0) is 16.0 Å². The summed E-state index contributed by atoms with van der Waals surface area (Å²) in [7, 11) is 1.68. The summed E-state index contributed by atoms with van der Waals surface area (Å²) in [6.45, 7) is 3.69. The zero-order valence-electron chi connectivity index (χ0n) is 10.2. The van der Waals surface area contributed by atoms with Gasteiger partial charge in [0.1, 0.15) is 5.82 Å². The van der Waals surface area contributed by atoms with Crippen molar-refractivity contribution in [1.82, 2.24) is 5.32 Å². The monoisotopic (exact) mass is 241 g/mol. The largest absolute Gasteiger partial charge is 0.385 e. The molecule has 1 aromatic carbocycles. The van der Waals surface area contributed by atoms with Gasteiger partial charge in [0.2, 0.25) is 0 Å². The van der Waals surface area contributed by atoms with Crippen molar-refractivity contribution in [2.45, 2.75) is 13.0 Å². The van der Waals surface area contributed by atoms with Crippen LogP contribution in [0, 0.1) is 5.82 Å². The van der Waals surface area contributed by atoms with Crippen LogP contribution in [0.25, 0.3) is 0 Å². The normalized spacial score (nSPS) is 10.7. The first kappa shape index (κ1) is 14.1. The molecular weight excluding hydrogens is 221 g/mol. The molecule has 1 rings (SSSR count). The molecule has 0 bridgehead atoms. The third-order valence-corrected chi connectivity index (χ3v) is 2.30. The highest BCUT2D eigenvalue weighted by molar-refractivity contribution is 5.15. The fourth-order valence-electron chi connectivity index (χ4n) is 1.39. The number of nitrogens with one attached hydrogen (secondary N) is 1. The standard InChI is InChI=1S/C13H20FNO2/c1-16-8-2-9-17-10-7-15-11-12-3-5-13(14)6-4-12/h3-6,15H,2,7-11H2,1H3. The first-order valence-electron chi connectivity index (χ1n) is 5.85. The molecule has 0 aliphatic carbocycles. The van der Waals surface area contributed by atoms with E-state index in [1.165, 1.54) is 12.1 Å². The molecule has 0 heterocycles. The molecule has 3 nitrogen and oxygen atoms in total. The topological polar surface area (TPSA) is 30.5 Å². The summed E-state index contributed by atoms with van der Waals surface area (Å²) in [4.78, 5) is 0. The maximum absolute atomic E-state index is 12.6. The Labute approximate surface area is 102 Å². The van der Waals surface area contributed by atoms with Gasteiger partial charge in [0.15, 0.2) is 0 Å². The van der Waals surface area contributed by atoms with Gasteiger partial charge in [0.05, 0.1) is 6.61 Å². The highest BCUT2D eigenvalue weighted by Crippen LogP contribution is 2.01. The average molecular weight is 241 g/mol. The Kier molecular flexibility index (Phi) is 7.54. The van der Waals surface area contributed by atoms with E-state index in [2.05, 4.69) is 5.32 Å². The molecule has 17 heavy (non-hydrogen) atoms. The third kappa shape index (κ3) is 7.05. The average Bonchev–Trinajstić information content (AvgIpc) is 2.35. The molecule has 0 aliphatic heterocycles. The second-order valence-electron chi connectivity index (χ2n) is 3.76. The number of halogens is 1. The third-order valence-electron chi connectivity index (χ3n) is 2.30. The van der Waals surface area contributed by atoms with E-state index in [9.17, 15) is 4.39 Å². The van der Waals surface area contributed by atoms with Crippen molar-refractivity contribution in [2.24, 2.45) is 0 Å². The zero-order chi connectivity index (χ0) is 12.3. The summed E-state index contributed by atoms with van der Waals surface area (Å²) >= 11 is 0. The van der Waals surface area contributed by atoms with Gasteiger partial charge >= 0.3 is 0 Å². The van der Waals surface area contributed by atoms with Gasteiger partial charge in [0, 0.05) is 33.4 Å². The van der Waals surface area contributed by atoms with Crippen LogP contribution < -0.4 is 5.32 Å². The predicted octanol–water partition coefficient (Wildman–Crippen LogP) is 1.97. The van der Waals surface area contributed by atoms with Gasteiger partial charge in [-0.25, -0.2) is 4.39 Å². The first-order valence-corrected chi connectivity index (χ1v) is 5.85. The Bertz CT molecular complexity index is 290. The van der Waals surface area contributed by atoms with E-state index in [1.807, 2.05) is 0 Å². The Hall–Kier alpha value is -0.970. The molecule has 96 valence electrons. The maximum atomic E-state index is 12.6. The molecule has 0 fully saturated rings. The van der Waals surface area contributed by atoms with Crippen molar-refractivity contribution < 1.29 is 13.9 Å². The summed E-state index contributed by atoms with van der Waals surface area (Å²) in [5.41, 5.74) is 1.07. The number of hydrogen-bond acceptors (Lipinski definition) is 3. The van der Waals surface area contributed by atoms with Crippen molar-refractivity contribution in [2.75, 3.05) is 33.5 Å². The van der Waals surface area contributed by atoms with E-state index in [-0.39, 0.29) is 5.82 Å². The lowest BCUT2D eigenvalue weighted by atomic mass is 10.2. The Morgan fingerprint density at radius 3 is 2.59 bits per heavy atom.